The number of ether oxygens (including phenoxy) is 1. The Bertz CT molecular complexity index is 1250. The van der Waals surface area contributed by atoms with Crippen LogP contribution < -0.4 is 20.3 Å². The molecule has 1 fully saturated rings. The summed E-state index contributed by atoms with van der Waals surface area (Å²) in [5, 5.41) is 5.12. The van der Waals surface area contributed by atoms with Crippen LogP contribution in [0.5, 0.6) is 5.75 Å². The number of primary sulfonamides is 1. The molecule has 0 atom stereocenters. The zero-order valence-electron chi connectivity index (χ0n) is 18.4. The highest BCUT2D eigenvalue weighted by molar-refractivity contribution is 7.89. The van der Waals surface area contributed by atoms with E-state index in [1.807, 2.05) is 12.4 Å². The molecular weight excluding hydrogens is 442 g/mol. The highest BCUT2D eigenvalue weighted by Gasteiger charge is 2.22. The molecule has 4 rings (SSSR count). The fraction of sp³-hybridized carbons (Fsp3) is 0.348. The third kappa shape index (κ3) is 5.58. The number of anilines is 1. The smallest absolute Gasteiger partial charge is 0.258 e. The van der Waals surface area contributed by atoms with E-state index in [1.54, 1.807) is 12.3 Å². The van der Waals surface area contributed by atoms with Gasteiger partial charge in [0.15, 0.2) is 0 Å². The summed E-state index contributed by atoms with van der Waals surface area (Å²) in [6, 6.07) is 8.99. The molecule has 0 saturated carbocycles. The van der Waals surface area contributed by atoms with Crippen LogP contribution in [-0.2, 0) is 16.4 Å². The quantitative estimate of drug-likeness (QED) is 0.563. The van der Waals surface area contributed by atoms with Crippen LogP contribution in [0, 0.1) is 0 Å². The van der Waals surface area contributed by atoms with Gasteiger partial charge in [0.05, 0.1) is 4.90 Å². The fourth-order valence-electron chi connectivity index (χ4n) is 3.84. The summed E-state index contributed by atoms with van der Waals surface area (Å²) in [6.45, 7) is 3.70. The maximum atomic E-state index is 12.6. The van der Waals surface area contributed by atoms with Crippen LogP contribution in [0.3, 0.4) is 0 Å². The third-order valence-corrected chi connectivity index (χ3v) is 6.52. The maximum absolute atomic E-state index is 12.6. The normalized spacial score (nSPS) is 14.9. The summed E-state index contributed by atoms with van der Waals surface area (Å²) >= 11 is 0. The number of benzene rings is 1. The SMILES string of the molecule is CCCc1cnc(N2CCC(Oc3ccn(-c4ccc(S(N)(=O)=O)cc4)c(=O)c3)CC2)nc1. The lowest BCUT2D eigenvalue weighted by molar-refractivity contribution is 0.170. The Kier molecular flexibility index (Phi) is 6.75. The highest BCUT2D eigenvalue weighted by atomic mass is 32.2. The predicted molar refractivity (Wildman–Crippen MR) is 125 cm³/mol. The van der Waals surface area contributed by atoms with Crippen molar-refractivity contribution in [2.75, 3.05) is 18.0 Å². The van der Waals surface area contributed by atoms with E-state index in [4.69, 9.17) is 9.88 Å². The van der Waals surface area contributed by atoms with Crippen molar-refractivity contribution >= 4 is 16.0 Å². The van der Waals surface area contributed by atoms with E-state index in [9.17, 15) is 13.2 Å². The molecule has 33 heavy (non-hydrogen) atoms. The molecule has 174 valence electrons. The summed E-state index contributed by atoms with van der Waals surface area (Å²) in [5.74, 6) is 1.25. The second kappa shape index (κ2) is 9.72. The Morgan fingerprint density at radius 3 is 2.33 bits per heavy atom. The molecule has 1 aromatic carbocycles. The van der Waals surface area contributed by atoms with Crippen molar-refractivity contribution in [1.82, 2.24) is 14.5 Å². The Morgan fingerprint density at radius 2 is 1.76 bits per heavy atom. The first kappa shape index (κ1) is 22.9. The van der Waals surface area contributed by atoms with Gasteiger partial charge in [-0.15, -0.1) is 0 Å². The second-order valence-electron chi connectivity index (χ2n) is 8.06. The van der Waals surface area contributed by atoms with E-state index >= 15 is 0 Å². The average Bonchev–Trinajstić information content (AvgIpc) is 2.80. The average molecular weight is 470 g/mol. The monoisotopic (exact) mass is 469 g/mol. The van der Waals surface area contributed by atoms with Gasteiger partial charge in [0, 0.05) is 56.3 Å². The van der Waals surface area contributed by atoms with Crippen molar-refractivity contribution in [1.29, 1.82) is 0 Å². The van der Waals surface area contributed by atoms with E-state index in [0.717, 1.165) is 50.3 Å². The van der Waals surface area contributed by atoms with Gasteiger partial charge >= 0.3 is 0 Å². The zero-order valence-corrected chi connectivity index (χ0v) is 19.2. The van der Waals surface area contributed by atoms with E-state index in [2.05, 4.69) is 21.8 Å². The first-order valence-corrected chi connectivity index (χ1v) is 12.5. The highest BCUT2D eigenvalue weighted by Crippen LogP contribution is 2.21. The summed E-state index contributed by atoms with van der Waals surface area (Å²) in [4.78, 5) is 23.7. The van der Waals surface area contributed by atoms with Crippen LogP contribution in [0.4, 0.5) is 5.95 Å². The molecule has 10 heteroatoms. The summed E-state index contributed by atoms with van der Waals surface area (Å²) < 4.78 is 30.3. The number of aromatic nitrogens is 3. The number of piperidine rings is 1. The molecule has 9 nitrogen and oxygen atoms in total. The van der Waals surface area contributed by atoms with Crippen molar-refractivity contribution in [3.63, 3.8) is 0 Å². The molecule has 2 N–H and O–H groups in total. The minimum absolute atomic E-state index is 0.00455. The molecular formula is C23H27N5O4S. The number of nitrogens with two attached hydrogens (primary N) is 1. The van der Waals surface area contributed by atoms with Crippen molar-refractivity contribution in [2.24, 2.45) is 5.14 Å². The van der Waals surface area contributed by atoms with Gasteiger partial charge in [0.1, 0.15) is 11.9 Å². The van der Waals surface area contributed by atoms with Gasteiger partial charge in [-0.3, -0.25) is 9.36 Å². The first-order valence-electron chi connectivity index (χ1n) is 10.9. The van der Waals surface area contributed by atoms with Gasteiger partial charge in [-0.2, -0.15) is 0 Å². The van der Waals surface area contributed by atoms with Crippen LogP contribution in [0.1, 0.15) is 31.7 Å². The first-order chi connectivity index (χ1) is 15.8. The van der Waals surface area contributed by atoms with Crippen molar-refractivity contribution < 1.29 is 13.2 Å². The van der Waals surface area contributed by atoms with Gasteiger partial charge in [-0.25, -0.2) is 23.5 Å². The largest absolute Gasteiger partial charge is 0.490 e. The van der Waals surface area contributed by atoms with Gasteiger partial charge in [0.25, 0.3) is 5.56 Å². The summed E-state index contributed by atoms with van der Waals surface area (Å²) in [5.41, 5.74) is 1.42. The van der Waals surface area contributed by atoms with E-state index in [1.165, 1.54) is 34.9 Å². The van der Waals surface area contributed by atoms with Gasteiger partial charge < -0.3 is 9.64 Å². The number of rotatable bonds is 7. The zero-order chi connectivity index (χ0) is 23.4. The van der Waals surface area contributed by atoms with Gasteiger partial charge in [-0.1, -0.05) is 13.3 Å². The van der Waals surface area contributed by atoms with E-state index in [-0.39, 0.29) is 16.6 Å². The molecule has 0 spiro atoms. The van der Waals surface area contributed by atoms with Crippen LogP contribution in [-0.4, -0.2) is 42.1 Å². The lowest BCUT2D eigenvalue weighted by Gasteiger charge is -2.32. The Morgan fingerprint density at radius 1 is 1.09 bits per heavy atom. The Balaban J connectivity index is 1.36. The molecule has 0 radical (unpaired) electrons. The second-order valence-corrected chi connectivity index (χ2v) is 9.62. The molecule has 0 amide bonds. The van der Waals surface area contributed by atoms with E-state index in [0.29, 0.717) is 11.4 Å². The van der Waals surface area contributed by atoms with Crippen molar-refractivity contribution in [2.45, 2.75) is 43.6 Å². The molecule has 1 aliphatic heterocycles. The molecule has 1 aliphatic rings. The molecule has 2 aromatic heterocycles. The molecule has 0 bridgehead atoms. The number of nitrogens with zero attached hydrogens (tertiary/aromatic N) is 4. The molecule has 1 saturated heterocycles. The molecule has 3 aromatic rings. The van der Waals surface area contributed by atoms with Gasteiger partial charge in [-0.05, 0) is 42.3 Å². The molecule has 0 unspecified atom stereocenters. The standard InChI is InChI=1S/C23H27N5O4S/c1-2-3-17-15-25-23(26-16-17)27-11-8-19(9-12-27)32-20-10-13-28(22(29)14-20)18-4-6-21(7-5-18)33(24,30)31/h4-7,10,13-16,19H,2-3,8-9,11-12H2,1H3,(H2,24,30,31). The number of hydrogen-bond acceptors (Lipinski definition) is 7. The lowest BCUT2D eigenvalue weighted by Crippen LogP contribution is -2.39. The van der Waals surface area contributed by atoms with E-state index < -0.39 is 10.0 Å². The number of sulfonamides is 1. The number of hydrogen-bond donors (Lipinski definition) is 1. The van der Waals surface area contributed by atoms with Crippen LogP contribution in [0.25, 0.3) is 5.69 Å². The maximum Gasteiger partial charge on any atom is 0.258 e. The van der Waals surface area contributed by atoms with Crippen LogP contribution in [0.2, 0.25) is 0 Å². The predicted octanol–water partition coefficient (Wildman–Crippen LogP) is 2.28. The minimum atomic E-state index is -3.78. The Labute approximate surface area is 192 Å². The topological polar surface area (TPSA) is 120 Å². The van der Waals surface area contributed by atoms with Crippen LogP contribution >= 0.6 is 0 Å². The number of pyridine rings is 1. The fourth-order valence-corrected chi connectivity index (χ4v) is 4.35. The summed E-state index contributed by atoms with van der Waals surface area (Å²) in [6.07, 6.45) is 9.07. The minimum Gasteiger partial charge on any atom is -0.490 e. The van der Waals surface area contributed by atoms with Crippen molar-refractivity contribution in [3.05, 3.63) is 70.9 Å². The third-order valence-electron chi connectivity index (χ3n) is 5.59. The van der Waals surface area contributed by atoms with Crippen LogP contribution in [0.15, 0.2) is 64.7 Å². The molecule has 0 aliphatic carbocycles. The lowest BCUT2D eigenvalue weighted by atomic mass is 10.1. The van der Waals surface area contributed by atoms with Crippen molar-refractivity contribution in [3.8, 4) is 11.4 Å². The number of aryl methyl sites for hydroxylation is 1. The Hall–Kier alpha value is -3.24. The summed E-state index contributed by atoms with van der Waals surface area (Å²) in [7, 11) is -3.78. The van der Waals surface area contributed by atoms with Gasteiger partial charge in [0.2, 0.25) is 16.0 Å². The molecule has 3 heterocycles.